The van der Waals surface area contributed by atoms with Crippen LogP contribution in [0.5, 0.6) is 0 Å². The Morgan fingerprint density at radius 3 is 2.67 bits per heavy atom. The molecule has 0 fully saturated rings. The Morgan fingerprint density at radius 1 is 1.78 bits per heavy atom. The zero-order chi connectivity index (χ0) is 7.28. The highest BCUT2D eigenvalue weighted by atomic mass is 15.0. The second kappa shape index (κ2) is 4.15. The Kier molecular flexibility index (Phi) is 3.80. The molecule has 0 bridgehead atoms. The van der Waals surface area contributed by atoms with Crippen LogP contribution in [0.3, 0.4) is 0 Å². The van der Waals surface area contributed by atoms with Crippen molar-refractivity contribution in [3.05, 3.63) is 24.6 Å². The van der Waals surface area contributed by atoms with E-state index in [-0.39, 0.29) is 0 Å². The van der Waals surface area contributed by atoms with E-state index in [1.165, 1.54) is 0 Å². The lowest BCUT2D eigenvalue weighted by atomic mass is 10.3. The van der Waals surface area contributed by atoms with Gasteiger partial charge in [0.15, 0.2) is 0 Å². The normalized spacial score (nSPS) is 11.2. The van der Waals surface area contributed by atoms with E-state index < -0.39 is 0 Å². The topological polar surface area (TPSA) is 29.3 Å². The average molecular weight is 126 g/mol. The van der Waals surface area contributed by atoms with Crippen LogP contribution in [-0.4, -0.2) is 18.5 Å². The lowest BCUT2D eigenvalue weighted by molar-refractivity contribution is 0.619. The number of nitrogens with zero attached hydrogens (tertiary/aromatic N) is 1. The fraction of sp³-hybridized carbons (Fsp3) is 0.429. The standard InChI is InChI=1S/C7H14N2/c1-4-9(3)6-7(2)5-8/h4,6H,1,5,8H2,2-3H3/b7-6-. The maximum Gasteiger partial charge on any atom is 0.0151 e. The van der Waals surface area contributed by atoms with Gasteiger partial charge < -0.3 is 10.6 Å². The van der Waals surface area contributed by atoms with Gasteiger partial charge in [-0.25, -0.2) is 0 Å². The fourth-order valence-electron chi connectivity index (χ4n) is 0.453. The van der Waals surface area contributed by atoms with Crippen LogP contribution >= 0.6 is 0 Å². The van der Waals surface area contributed by atoms with Crippen LogP contribution in [0.25, 0.3) is 0 Å². The Labute approximate surface area is 56.6 Å². The number of hydrogen-bond acceptors (Lipinski definition) is 2. The van der Waals surface area contributed by atoms with Crippen LogP contribution in [0.2, 0.25) is 0 Å². The third kappa shape index (κ3) is 3.79. The predicted octanol–water partition coefficient (Wildman–Crippen LogP) is 0.924. The Morgan fingerprint density at radius 2 is 2.33 bits per heavy atom. The van der Waals surface area contributed by atoms with Crippen molar-refractivity contribution in [2.24, 2.45) is 5.73 Å². The first kappa shape index (κ1) is 8.24. The average Bonchev–Trinajstić information content (AvgIpc) is 1.87. The van der Waals surface area contributed by atoms with Gasteiger partial charge in [-0.3, -0.25) is 0 Å². The van der Waals surface area contributed by atoms with Crippen LogP contribution in [0.15, 0.2) is 24.6 Å². The molecule has 0 amide bonds. The summed E-state index contributed by atoms with van der Waals surface area (Å²) in [5.74, 6) is 0. The minimum absolute atomic E-state index is 0.609. The molecule has 0 aromatic rings. The summed E-state index contributed by atoms with van der Waals surface area (Å²) in [5.41, 5.74) is 6.50. The van der Waals surface area contributed by atoms with Crippen molar-refractivity contribution in [2.75, 3.05) is 13.6 Å². The molecule has 0 rings (SSSR count). The summed E-state index contributed by atoms with van der Waals surface area (Å²) in [5, 5.41) is 0. The molecule has 0 aliphatic carbocycles. The van der Waals surface area contributed by atoms with E-state index in [0.717, 1.165) is 5.57 Å². The van der Waals surface area contributed by atoms with Crippen molar-refractivity contribution in [3.63, 3.8) is 0 Å². The molecule has 0 aliphatic heterocycles. The van der Waals surface area contributed by atoms with Crippen LogP contribution in [-0.2, 0) is 0 Å². The third-order valence-electron chi connectivity index (χ3n) is 1.03. The van der Waals surface area contributed by atoms with Crippen molar-refractivity contribution in [3.8, 4) is 0 Å². The molecule has 0 aromatic carbocycles. The zero-order valence-corrected chi connectivity index (χ0v) is 6.09. The van der Waals surface area contributed by atoms with Crippen LogP contribution < -0.4 is 5.73 Å². The van der Waals surface area contributed by atoms with Gasteiger partial charge in [0.05, 0.1) is 0 Å². The summed E-state index contributed by atoms with van der Waals surface area (Å²) in [7, 11) is 1.92. The Balaban J connectivity index is 3.78. The van der Waals surface area contributed by atoms with E-state index >= 15 is 0 Å². The zero-order valence-electron chi connectivity index (χ0n) is 6.09. The van der Waals surface area contributed by atoms with E-state index in [1.54, 1.807) is 6.20 Å². The van der Waals surface area contributed by atoms with Crippen molar-refractivity contribution >= 4 is 0 Å². The van der Waals surface area contributed by atoms with E-state index in [4.69, 9.17) is 5.73 Å². The predicted molar refractivity (Wildman–Crippen MR) is 40.8 cm³/mol. The van der Waals surface area contributed by atoms with Crippen LogP contribution in [0, 0.1) is 0 Å². The highest BCUT2D eigenvalue weighted by Crippen LogP contribution is 1.91. The summed E-state index contributed by atoms with van der Waals surface area (Å²) in [6.45, 7) is 6.18. The first-order valence-electron chi connectivity index (χ1n) is 2.92. The summed E-state index contributed by atoms with van der Waals surface area (Å²) in [6, 6.07) is 0. The minimum atomic E-state index is 0.609. The maximum atomic E-state index is 5.35. The van der Waals surface area contributed by atoms with Crippen LogP contribution in [0.4, 0.5) is 0 Å². The second-order valence-electron chi connectivity index (χ2n) is 2.03. The molecule has 0 unspecified atom stereocenters. The van der Waals surface area contributed by atoms with E-state index in [0.29, 0.717) is 6.54 Å². The molecule has 0 aliphatic rings. The molecule has 9 heavy (non-hydrogen) atoms. The number of hydrogen-bond donors (Lipinski definition) is 1. The molecule has 0 radical (unpaired) electrons. The molecule has 2 N–H and O–H groups in total. The third-order valence-corrected chi connectivity index (χ3v) is 1.03. The molecule has 52 valence electrons. The summed E-state index contributed by atoms with van der Waals surface area (Å²) >= 11 is 0. The van der Waals surface area contributed by atoms with E-state index in [2.05, 4.69) is 6.58 Å². The first-order chi connectivity index (χ1) is 4.20. The molecule has 0 heterocycles. The Bertz CT molecular complexity index is 116. The molecular weight excluding hydrogens is 112 g/mol. The van der Waals surface area contributed by atoms with Gasteiger partial charge in [0.25, 0.3) is 0 Å². The smallest absolute Gasteiger partial charge is 0.0151 e. The molecule has 0 saturated carbocycles. The van der Waals surface area contributed by atoms with Gasteiger partial charge in [-0.05, 0) is 18.7 Å². The van der Waals surface area contributed by atoms with Crippen molar-refractivity contribution in [1.29, 1.82) is 0 Å². The quantitative estimate of drug-likeness (QED) is 0.609. The fourth-order valence-corrected chi connectivity index (χ4v) is 0.453. The minimum Gasteiger partial charge on any atom is -0.358 e. The molecule has 0 aromatic heterocycles. The lowest BCUT2D eigenvalue weighted by Gasteiger charge is -2.06. The second-order valence-corrected chi connectivity index (χ2v) is 2.03. The summed E-state index contributed by atoms with van der Waals surface area (Å²) < 4.78 is 0. The van der Waals surface area contributed by atoms with E-state index in [1.807, 2.05) is 25.1 Å². The monoisotopic (exact) mass is 126 g/mol. The van der Waals surface area contributed by atoms with Crippen molar-refractivity contribution in [1.82, 2.24) is 4.90 Å². The highest BCUT2D eigenvalue weighted by molar-refractivity contribution is 4.99. The Hall–Kier alpha value is -0.760. The summed E-state index contributed by atoms with van der Waals surface area (Å²) in [6.07, 6.45) is 3.69. The van der Waals surface area contributed by atoms with Gasteiger partial charge in [0.2, 0.25) is 0 Å². The van der Waals surface area contributed by atoms with E-state index in [9.17, 15) is 0 Å². The van der Waals surface area contributed by atoms with Gasteiger partial charge in [0.1, 0.15) is 0 Å². The molecule has 2 nitrogen and oxygen atoms in total. The van der Waals surface area contributed by atoms with Gasteiger partial charge in [-0.1, -0.05) is 6.58 Å². The van der Waals surface area contributed by atoms with Gasteiger partial charge in [-0.15, -0.1) is 0 Å². The largest absolute Gasteiger partial charge is 0.358 e. The molecule has 0 atom stereocenters. The van der Waals surface area contributed by atoms with Crippen molar-refractivity contribution < 1.29 is 0 Å². The van der Waals surface area contributed by atoms with Crippen molar-refractivity contribution in [2.45, 2.75) is 6.92 Å². The maximum absolute atomic E-state index is 5.35. The highest BCUT2D eigenvalue weighted by Gasteiger charge is 1.84. The number of nitrogens with two attached hydrogens (primary N) is 1. The summed E-state index contributed by atoms with van der Waals surface area (Å²) in [4.78, 5) is 1.88. The number of rotatable bonds is 3. The van der Waals surface area contributed by atoms with Gasteiger partial charge in [0, 0.05) is 19.8 Å². The molecule has 0 spiro atoms. The van der Waals surface area contributed by atoms with Gasteiger partial charge >= 0.3 is 0 Å². The van der Waals surface area contributed by atoms with Crippen LogP contribution in [0.1, 0.15) is 6.92 Å². The lowest BCUT2D eigenvalue weighted by Crippen LogP contribution is -2.06. The molecule has 2 heteroatoms. The molecular formula is C7H14N2. The molecule has 0 saturated heterocycles. The SMILES string of the molecule is C=CN(C)/C=C(/C)CN. The first-order valence-corrected chi connectivity index (χ1v) is 2.92. The van der Waals surface area contributed by atoms with Gasteiger partial charge in [-0.2, -0.15) is 0 Å².